The fraction of sp³-hybridized carbons (Fsp3) is 0.240. The summed E-state index contributed by atoms with van der Waals surface area (Å²) in [5.74, 6) is -0.129. The molecule has 0 amide bonds. The highest BCUT2D eigenvalue weighted by atomic mass is 32.1. The van der Waals surface area contributed by atoms with Gasteiger partial charge in [-0.2, -0.15) is 5.10 Å². The van der Waals surface area contributed by atoms with Crippen LogP contribution in [0.4, 0.5) is 5.69 Å². The number of fused-ring (bicyclic) bond motifs is 1. The van der Waals surface area contributed by atoms with Crippen molar-refractivity contribution in [1.82, 2.24) is 4.57 Å². The number of hydrogen-bond donors (Lipinski definition) is 1. The molecule has 0 spiro atoms. The predicted molar refractivity (Wildman–Crippen MR) is 134 cm³/mol. The Morgan fingerprint density at radius 2 is 1.94 bits per heavy atom. The van der Waals surface area contributed by atoms with Crippen LogP contribution in [0.25, 0.3) is 22.2 Å². The van der Waals surface area contributed by atoms with E-state index >= 15 is 0 Å². The lowest BCUT2D eigenvalue weighted by molar-refractivity contribution is -0.384. The summed E-state index contributed by atoms with van der Waals surface area (Å²) in [6.07, 6.45) is 6.56. The Kier molecular flexibility index (Phi) is 6.28. The van der Waals surface area contributed by atoms with Gasteiger partial charge in [0.2, 0.25) is 4.80 Å². The van der Waals surface area contributed by atoms with Crippen LogP contribution in [0.5, 0.6) is 5.75 Å². The van der Waals surface area contributed by atoms with E-state index in [1.165, 1.54) is 42.2 Å². The molecule has 0 aliphatic heterocycles. The number of rotatable bonds is 5. The molecule has 0 unspecified atom stereocenters. The molecule has 0 radical (unpaired) electrons. The maximum absolute atomic E-state index is 12.9. The number of phenols is 1. The molecule has 35 heavy (non-hydrogen) atoms. The van der Waals surface area contributed by atoms with E-state index in [4.69, 9.17) is 4.42 Å². The molecule has 0 atom stereocenters. The molecule has 4 aromatic rings. The third-order valence-electron chi connectivity index (χ3n) is 6.16. The number of nitro groups is 1. The van der Waals surface area contributed by atoms with Crippen LogP contribution in [0.3, 0.4) is 0 Å². The van der Waals surface area contributed by atoms with Gasteiger partial charge in [0.1, 0.15) is 11.3 Å². The van der Waals surface area contributed by atoms with Crippen molar-refractivity contribution >= 4 is 34.2 Å². The molecule has 1 fully saturated rings. The summed E-state index contributed by atoms with van der Waals surface area (Å²) in [6.45, 7) is 0. The maximum Gasteiger partial charge on any atom is 0.345 e. The fourth-order valence-corrected chi connectivity index (χ4v) is 5.33. The van der Waals surface area contributed by atoms with Crippen LogP contribution in [-0.4, -0.2) is 20.8 Å². The van der Waals surface area contributed by atoms with E-state index in [1.807, 2.05) is 29.6 Å². The van der Waals surface area contributed by atoms with Crippen molar-refractivity contribution in [3.05, 3.63) is 84.8 Å². The zero-order chi connectivity index (χ0) is 24.4. The number of para-hydroxylation sites is 1. The van der Waals surface area contributed by atoms with Gasteiger partial charge in [-0.05, 0) is 31.0 Å². The summed E-state index contributed by atoms with van der Waals surface area (Å²) in [5.41, 5.74) is 1.36. The monoisotopic (exact) mass is 490 g/mol. The normalized spacial score (nSPS) is 15.3. The Morgan fingerprint density at radius 1 is 1.14 bits per heavy atom. The van der Waals surface area contributed by atoms with Gasteiger partial charge in [0.05, 0.1) is 22.4 Å². The Morgan fingerprint density at radius 3 is 2.74 bits per heavy atom. The first kappa shape index (κ1) is 22.7. The molecule has 1 aliphatic carbocycles. The van der Waals surface area contributed by atoms with Gasteiger partial charge in [0.15, 0.2) is 0 Å². The van der Waals surface area contributed by atoms with E-state index < -0.39 is 10.5 Å². The topological polar surface area (TPSA) is 123 Å². The molecule has 0 saturated heterocycles. The number of nitrogens with zero attached hydrogens (tertiary/aromatic N) is 4. The number of hydrogen-bond acceptors (Lipinski definition) is 8. The van der Waals surface area contributed by atoms with Gasteiger partial charge in [-0.25, -0.2) is 4.79 Å². The van der Waals surface area contributed by atoms with Crippen molar-refractivity contribution < 1.29 is 14.4 Å². The average Bonchev–Trinajstić information content (AvgIpc) is 3.28. The second-order valence-electron chi connectivity index (χ2n) is 8.40. The lowest BCUT2D eigenvalue weighted by Gasteiger charge is -2.24. The largest absolute Gasteiger partial charge is 0.507 e. The summed E-state index contributed by atoms with van der Waals surface area (Å²) < 4.78 is 7.63. The molecule has 2 heterocycles. The highest BCUT2D eigenvalue weighted by Gasteiger charge is 2.22. The van der Waals surface area contributed by atoms with Gasteiger partial charge in [0.25, 0.3) is 5.69 Å². The third-order valence-corrected chi connectivity index (χ3v) is 6.99. The smallest absolute Gasteiger partial charge is 0.345 e. The Balaban J connectivity index is 1.60. The van der Waals surface area contributed by atoms with Gasteiger partial charge in [0, 0.05) is 34.5 Å². The van der Waals surface area contributed by atoms with E-state index in [1.54, 1.807) is 6.07 Å². The molecule has 2 aromatic heterocycles. The van der Waals surface area contributed by atoms with Crippen molar-refractivity contribution in [2.24, 2.45) is 10.2 Å². The zero-order valence-electron chi connectivity index (χ0n) is 18.7. The lowest BCUT2D eigenvalue weighted by Crippen LogP contribution is -2.24. The van der Waals surface area contributed by atoms with Crippen LogP contribution in [0, 0.1) is 10.1 Å². The minimum absolute atomic E-state index is 0.129. The van der Waals surface area contributed by atoms with E-state index in [2.05, 4.69) is 14.8 Å². The quantitative estimate of drug-likeness (QED) is 0.174. The predicted octanol–water partition coefficient (Wildman–Crippen LogP) is 5.38. The van der Waals surface area contributed by atoms with Gasteiger partial charge in [-0.1, -0.05) is 37.5 Å². The Bertz CT molecular complexity index is 1560. The van der Waals surface area contributed by atoms with Crippen molar-refractivity contribution in [2.75, 3.05) is 0 Å². The number of thiazole rings is 1. The van der Waals surface area contributed by atoms with Gasteiger partial charge in [-0.3, -0.25) is 10.1 Å². The van der Waals surface area contributed by atoms with E-state index in [-0.39, 0.29) is 23.0 Å². The Hall–Kier alpha value is -4.05. The molecule has 178 valence electrons. The maximum atomic E-state index is 12.9. The molecule has 2 aromatic carbocycles. The van der Waals surface area contributed by atoms with Crippen molar-refractivity contribution in [1.29, 1.82) is 0 Å². The lowest BCUT2D eigenvalue weighted by atomic mass is 9.95. The standard InChI is InChI=1S/C25H22N4O5S/c30-22-11-10-19(29(32)33)12-17(22)14-26-27-25-28(18-7-2-1-3-8-18)21(15-35-25)20-13-16-6-4-5-9-23(16)34-24(20)31/h4-6,9-15,18,30H,1-3,7-8H2/b26-14-,27-25+. The zero-order valence-corrected chi connectivity index (χ0v) is 19.5. The van der Waals surface area contributed by atoms with E-state index in [9.17, 15) is 20.0 Å². The first-order valence-electron chi connectivity index (χ1n) is 11.3. The second-order valence-corrected chi connectivity index (χ2v) is 9.23. The molecule has 10 heteroatoms. The highest BCUT2D eigenvalue weighted by molar-refractivity contribution is 7.07. The number of aromatic nitrogens is 1. The van der Waals surface area contributed by atoms with Crippen LogP contribution in [-0.2, 0) is 0 Å². The van der Waals surface area contributed by atoms with Crippen molar-refractivity contribution in [3.63, 3.8) is 0 Å². The summed E-state index contributed by atoms with van der Waals surface area (Å²) in [5, 5.41) is 32.3. The summed E-state index contributed by atoms with van der Waals surface area (Å²) in [4.78, 5) is 24.0. The molecular weight excluding hydrogens is 468 g/mol. The van der Waals surface area contributed by atoms with Crippen LogP contribution in [0.1, 0.15) is 43.7 Å². The van der Waals surface area contributed by atoms with E-state index in [0.29, 0.717) is 15.9 Å². The third kappa shape index (κ3) is 4.65. The van der Waals surface area contributed by atoms with Crippen molar-refractivity contribution in [2.45, 2.75) is 38.1 Å². The molecule has 5 rings (SSSR count). The molecule has 0 bridgehead atoms. The number of aromatic hydroxyl groups is 1. The second kappa shape index (κ2) is 9.67. The number of benzene rings is 2. The SMILES string of the molecule is O=c1oc2ccccc2cc1-c1cs/c(=N/N=C\c2cc([N+](=O)[O-])ccc2O)n1C1CCCCC1. The van der Waals surface area contributed by atoms with Crippen LogP contribution in [0.15, 0.2) is 73.3 Å². The molecule has 1 N–H and O–H groups in total. The number of phenolic OH excluding ortho intramolecular Hbond substituents is 1. The van der Waals surface area contributed by atoms with Gasteiger partial charge in [-0.15, -0.1) is 16.4 Å². The minimum Gasteiger partial charge on any atom is -0.507 e. The van der Waals surface area contributed by atoms with Crippen molar-refractivity contribution in [3.8, 4) is 17.0 Å². The van der Waals surface area contributed by atoms with Crippen LogP contribution >= 0.6 is 11.3 Å². The molecule has 1 aliphatic rings. The number of non-ortho nitro benzene ring substituents is 1. The minimum atomic E-state index is -0.536. The van der Waals surface area contributed by atoms with E-state index in [0.717, 1.165) is 36.8 Å². The van der Waals surface area contributed by atoms with Crippen LogP contribution < -0.4 is 10.4 Å². The Labute approximate surface area is 203 Å². The first-order valence-corrected chi connectivity index (χ1v) is 12.2. The number of nitro benzene ring substituents is 1. The summed E-state index contributed by atoms with van der Waals surface area (Å²) >= 11 is 1.36. The van der Waals surface area contributed by atoms with Gasteiger partial charge < -0.3 is 14.1 Å². The molecule has 9 nitrogen and oxygen atoms in total. The average molecular weight is 491 g/mol. The van der Waals surface area contributed by atoms with Crippen LogP contribution in [0.2, 0.25) is 0 Å². The molecule has 1 saturated carbocycles. The summed E-state index contributed by atoms with van der Waals surface area (Å²) in [7, 11) is 0. The first-order chi connectivity index (χ1) is 17.0. The van der Waals surface area contributed by atoms with Gasteiger partial charge >= 0.3 is 5.63 Å². The molecular formula is C25H22N4O5S. The summed E-state index contributed by atoms with van der Waals surface area (Å²) in [6, 6.07) is 13.1. The fourth-order valence-electron chi connectivity index (χ4n) is 4.42. The highest BCUT2D eigenvalue weighted by Crippen LogP contribution is 2.32.